The summed E-state index contributed by atoms with van der Waals surface area (Å²) in [4.78, 5) is 4.27. The number of fused-ring (bicyclic) bond motifs is 2. The van der Waals surface area contributed by atoms with E-state index in [1.54, 1.807) is 0 Å². The first-order valence-corrected chi connectivity index (χ1v) is 20.7. The molecule has 60 heavy (non-hydrogen) atoms. The van der Waals surface area contributed by atoms with Gasteiger partial charge in [0.15, 0.2) is 0 Å². The number of hydrogen-bond donors (Lipinski definition) is 0. The summed E-state index contributed by atoms with van der Waals surface area (Å²) in [6.45, 7) is 0. The smallest absolute Gasteiger partial charge is 0.0361 e. The molecule has 0 fully saturated rings. The molecular formula is C58H48N2. The summed E-state index contributed by atoms with van der Waals surface area (Å²) in [7, 11) is 8.30. The number of nitrogens with zero attached hydrogens (tertiary/aromatic N) is 2. The second kappa shape index (κ2) is 16.8. The largest absolute Gasteiger partial charge is 0.378 e. The highest BCUT2D eigenvalue weighted by molar-refractivity contribution is 6.21. The molecule has 0 amide bonds. The van der Waals surface area contributed by atoms with Gasteiger partial charge in [0.05, 0.1) is 0 Å². The third-order valence-corrected chi connectivity index (χ3v) is 11.5. The number of rotatable bonds is 10. The van der Waals surface area contributed by atoms with Crippen molar-refractivity contribution in [2.24, 2.45) is 0 Å². The van der Waals surface area contributed by atoms with Gasteiger partial charge in [-0.25, -0.2) is 0 Å². The second-order valence-corrected chi connectivity index (χ2v) is 15.8. The van der Waals surface area contributed by atoms with E-state index < -0.39 is 0 Å². The minimum Gasteiger partial charge on any atom is -0.378 e. The Morgan fingerprint density at radius 3 is 0.883 bits per heavy atom. The molecule has 0 spiro atoms. The molecule has 0 aliphatic rings. The fourth-order valence-corrected chi connectivity index (χ4v) is 8.36. The molecule has 2 heteroatoms. The van der Waals surface area contributed by atoms with E-state index in [9.17, 15) is 0 Å². The van der Waals surface area contributed by atoms with Gasteiger partial charge < -0.3 is 9.80 Å². The average Bonchev–Trinajstić information content (AvgIpc) is 3.30. The first kappa shape index (κ1) is 38.1. The van der Waals surface area contributed by atoms with Crippen molar-refractivity contribution in [1.82, 2.24) is 0 Å². The summed E-state index contributed by atoms with van der Waals surface area (Å²) in [5, 5.41) is 4.98. The number of benzene rings is 9. The molecule has 9 rings (SSSR count). The van der Waals surface area contributed by atoms with Crippen molar-refractivity contribution in [2.75, 3.05) is 38.0 Å². The SMILES string of the molecule is CN(C)c1ccc(C=C(c2ccccc2)c2ccc(-c3c4ccccc4c(-c4ccc(C(=Cc5ccc(N(C)C)cc5)c5ccccc5)cc4)c4ccccc34)cc2)cc1. The Morgan fingerprint density at radius 1 is 0.300 bits per heavy atom. The molecule has 0 saturated heterocycles. The van der Waals surface area contributed by atoms with E-state index in [0.29, 0.717) is 0 Å². The van der Waals surface area contributed by atoms with Crippen LogP contribution in [0.15, 0.2) is 206 Å². The van der Waals surface area contributed by atoms with Crippen LogP contribution in [0.3, 0.4) is 0 Å². The summed E-state index contributed by atoms with van der Waals surface area (Å²) in [5.74, 6) is 0. The lowest BCUT2D eigenvalue weighted by Crippen LogP contribution is -2.07. The Bertz CT molecular complexity index is 2690. The van der Waals surface area contributed by atoms with Gasteiger partial charge in [-0.05, 0) is 125 Å². The van der Waals surface area contributed by atoms with Gasteiger partial charge >= 0.3 is 0 Å². The molecule has 9 aromatic rings. The third kappa shape index (κ3) is 7.76. The highest BCUT2D eigenvalue weighted by Gasteiger charge is 2.18. The molecule has 0 heterocycles. The molecule has 0 N–H and O–H groups in total. The van der Waals surface area contributed by atoms with E-state index in [-0.39, 0.29) is 0 Å². The van der Waals surface area contributed by atoms with Crippen molar-refractivity contribution in [3.63, 3.8) is 0 Å². The average molecular weight is 773 g/mol. The second-order valence-electron chi connectivity index (χ2n) is 15.8. The monoisotopic (exact) mass is 772 g/mol. The van der Waals surface area contributed by atoms with Crippen molar-refractivity contribution in [3.8, 4) is 22.3 Å². The van der Waals surface area contributed by atoms with Crippen LogP contribution in [0.1, 0.15) is 33.4 Å². The van der Waals surface area contributed by atoms with Gasteiger partial charge in [0.25, 0.3) is 0 Å². The zero-order valence-electron chi connectivity index (χ0n) is 34.7. The first-order chi connectivity index (χ1) is 29.4. The Kier molecular flexibility index (Phi) is 10.7. The van der Waals surface area contributed by atoms with Crippen molar-refractivity contribution >= 4 is 56.2 Å². The topological polar surface area (TPSA) is 6.48 Å². The van der Waals surface area contributed by atoms with E-state index in [4.69, 9.17) is 0 Å². The van der Waals surface area contributed by atoms with E-state index in [1.807, 2.05) is 0 Å². The van der Waals surface area contributed by atoms with Crippen LogP contribution in [0.2, 0.25) is 0 Å². The van der Waals surface area contributed by atoms with Crippen LogP contribution in [0.5, 0.6) is 0 Å². The highest BCUT2D eigenvalue weighted by Crippen LogP contribution is 2.44. The molecule has 0 aromatic heterocycles. The number of anilines is 2. The predicted octanol–water partition coefficient (Wildman–Crippen LogP) is 14.6. The molecule has 0 aliphatic heterocycles. The van der Waals surface area contributed by atoms with Crippen LogP contribution in [-0.4, -0.2) is 28.2 Å². The normalized spacial score (nSPS) is 11.9. The van der Waals surface area contributed by atoms with Crippen molar-refractivity contribution in [1.29, 1.82) is 0 Å². The van der Waals surface area contributed by atoms with Gasteiger partial charge in [0, 0.05) is 39.6 Å². The molecule has 0 bridgehead atoms. The Morgan fingerprint density at radius 2 is 0.583 bits per heavy atom. The van der Waals surface area contributed by atoms with Crippen LogP contribution < -0.4 is 9.80 Å². The number of hydrogen-bond acceptors (Lipinski definition) is 2. The molecule has 0 atom stereocenters. The van der Waals surface area contributed by atoms with Crippen molar-refractivity contribution in [3.05, 3.63) is 240 Å². The maximum absolute atomic E-state index is 2.30. The van der Waals surface area contributed by atoms with Crippen LogP contribution in [0.25, 0.3) is 67.1 Å². The predicted molar refractivity (Wildman–Crippen MR) is 261 cm³/mol. The van der Waals surface area contributed by atoms with Gasteiger partial charge in [-0.2, -0.15) is 0 Å². The van der Waals surface area contributed by atoms with E-state index in [1.165, 1.54) is 99.7 Å². The summed E-state index contributed by atoms with van der Waals surface area (Å²) >= 11 is 0. The van der Waals surface area contributed by atoms with Gasteiger partial charge in [-0.1, -0.05) is 182 Å². The van der Waals surface area contributed by atoms with E-state index in [0.717, 1.165) is 0 Å². The van der Waals surface area contributed by atoms with E-state index in [2.05, 4.69) is 256 Å². The van der Waals surface area contributed by atoms with Crippen LogP contribution in [0.4, 0.5) is 11.4 Å². The molecule has 290 valence electrons. The van der Waals surface area contributed by atoms with Gasteiger partial charge in [-0.15, -0.1) is 0 Å². The molecule has 0 saturated carbocycles. The minimum absolute atomic E-state index is 1.17. The van der Waals surface area contributed by atoms with Gasteiger partial charge in [0.1, 0.15) is 0 Å². The highest BCUT2D eigenvalue weighted by atomic mass is 15.1. The third-order valence-electron chi connectivity index (χ3n) is 11.5. The lowest BCUT2D eigenvalue weighted by Gasteiger charge is -2.19. The lowest BCUT2D eigenvalue weighted by molar-refractivity contribution is 1.13. The zero-order valence-corrected chi connectivity index (χ0v) is 34.7. The first-order valence-electron chi connectivity index (χ1n) is 20.7. The quantitative estimate of drug-likeness (QED) is 0.101. The summed E-state index contributed by atoms with van der Waals surface area (Å²) in [5.41, 5.74) is 16.8. The maximum atomic E-state index is 2.30. The molecular weight excluding hydrogens is 725 g/mol. The molecule has 0 radical (unpaired) electrons. The minimum atomic E-state index is 1.17. The molecule has 9 aromatic carbocycles. The molecule has 0 aliphatic carbocycles. The van der Waals surface area contributed by atoms with Crippen molar-refractivity contribution < 1.29 is 0 Å². The lowest BCUT2D eigenvalue weighted by atomic mass is 9.85. The summed E-state index contributed by atoms with van der Waals surface area (Å²) in [6.07, 6.45) is 4.60. The fraction of sp³-hybridized carbons (Fsp3) is 0.0690. The fourth-order valence-electron chi connectivity index (χ4n) is 8.36. The van der Waals surface area contributed by atoms with Crippen LogP contribution >= 0.6 is 0 Å². The maximum Gasteiger partial charge on any atom is 0.0361 e. The van der Waals surface area contributed by atoms with E-state index >= 15 is 0 Å². The van der Waals surface area contributed by atoms with Gasteiger partial charge in [-0.3, -0.25) is 0 Å². The van der Waals surface area contributed by atoms with Gasteiger partial charge in [0.2, 0.25) is 0 Å². The Hall–Kier alpha value is -7.42. The standard InChI is InChI=1S/C58H48N2/c1-59(2)49-35-23-41(24-36-49)39-55(43-15-7-5-8-16-43)45-27-31-47(32-28-45)57-51-19-11-13-21-53(51)58(54-22-14-12-20-52(54)57)48-33-29-46(30-34-48)56(44-17-9-6-10-18-44)40-42-25-37-50(38-26-42)60(3)4/h5-40H,1-4H3. The molecule has 0 unspecified atom stereocenters. The Labute approximate surface area is 354 Å². The molecule has 2 nitrogen and oxygen atoms in total. The van der Waals surface area contributed by atoms with Crippen molar-refractivity contribution in [2.45, 2.75) is 0 Å². The summed E-state index contributed by atoms with van der Waals surface area (Å²) < 4.78 is 0. The summed E-state index contributed by atoms with van der Waals surface area (Å²) in [6, 6.07) is 75.1. The Balaban J connectivity index is 1.13. The van der Waals surface area contributed by atoms with Crippen LogP contribution in [0, 0.1) is 0 Å². The van der Waals surface area contributed by atoms with Crippen LogP contribution in [-0.2, 0) is 0 Å². The zero-order chi connectivity index (χ0) is 41.0.